The highest BCUT2D eigenvalue weighted by Crippen LogP contribution is 2.43. The molecule has 0 aliphatic rings. The zero-order chi connectivity index (χ0) is 19.1. The van der Waals surface area contributed by atoms with Crippen molar-refractivity contribution >= 4 is 31.5 Å². The summed E-state index contributed by atoms with van der Waals surface area (Å²) in [6, 6.07) is 28.2. The van der Waals surface area contributed by atoms with E-state index in [4.69, 9.17) is 4.98 Å². The number of nitrogens with zero attached hydrogens (tertiary/aromatic N) is 1. The molecule has 0 saturated heterocycles. The molecule has 2 heterocycles. The minimum atomic E-state index is 0.494. The van der Waals surface area contributed by atoms with E-state index in [0.29, 0.717) is 5.92 Å². The number of pyridine rings is 1. The van der Waals surface area contributed by atoms with Gasteiger partial charge in [0.25, 0.3) is 0 Å². The molecule has 0 unspecified atom stereocenters. The smallest absolute Gasteiger partial charge is 0.0719 e. The molecule has 1 nitrogen and oxygen atoms in total. The quantitative estimate of drug-likeness (QED) is 0.310. The molecule has 0 bridgehead atoms. The van der Waals surface area contributed by atoms with Crippen molar-refractivity contribution in [3.05, 3.63) is 90.6 Å². The lowest BCUT2D eigenvalue weighted by atomic mass is 9.99. The Labute approximate surface area is 169 Å². The molecule has 0 fully saturated rings. The van der Waals surface area contributed by atoms with Gasteiger partial charge in [0.15, 0.2) is 0 Å². The first-order valence-electron chi connectivity index (χ1n) is 9.68. The predicted octanol–water partition coefficient (Wildman–Crippen LogP) is 7.91. The fourth-order valence-electron chi connectivity index (χ4n) is 3.82. The molecule has 5 rings (SSSR count). The second-order valence-corrected chi connectivity index (χ2v) is 8.48. The maximum atomic E-state index is 4.70. The van der Waals surface area contributed by atoms with Crippen LogP contribution >= 0.6 is 11.3 Å². The number of hydrogen-bond acceptors (Lipinski definition) is 2. The van der Waals surface area contributed by atoms with Gasteiger partial charge < -0.3 is 0 Å². The molecule has 0 radical (unpaired) electrons. The van der Waals surface area contributed by atoms with Crippen molar-refractivity contribution in [2.45, 2.75) is 19.8 Å². The summed E-state index contributed by atoms with van der Waals surface area (Å²) in [5, 5.41) is 2.63. The molecule has 28 heavy (non-hydrogen) atoms. The Hall–Kier alpha value is -2.97. The van der Waals surface area contributed by atoms with Crippen LogP contribution in [0.5, 0.6) is 0 Å². The van der Waals surface area contributed by atoms with Crippen molar-refractivity contribution in [3.8, 4) is 22.4 Å². The van der Waals surface area contributed by atoms with E-state index < -0.39 is 0 Å². The number of benzene rings is 3. The number of rotatable bonds is 3. The van der Waals surface area contributed by atoms with Crippen molar-refractivity contribution in [1.29, 1.82) is 0 Å². The normalized spacial score (nSPS) is 11.5. The Balaban J connectivity index is 1.79. The van der Waals surface area contributed by atoms with Crippen molar-refractivity contribution in [3.63, 3.8) is 0 Å². The molecule has 0 spiro atoms. The second kappa shape index (κ2) is 6.88. The highest BCUT2D eigenvalue weighted by Gasteiger charge is 2.14. The summed E-state index contributed by atoms with van der Waals surface area (Å²) in [5.74, 6) is 0.494. The summed E-state index contributed by atoms with van der Waals surface area (Å²) >= 11 is 1.88. The van der Waals surface area contributed by atoms with Crippen LogP contribution in [0, 0.1) is 0 Å². The number of thiophene rings is 1. The molecule has 2 heteroatoms. The third-order valence-electron chi connectivity index (χ3n) is 5.34. The van der Waals surface area contributed by atoms with Crippen LogP contribution in [-0.4, -0.2) is 4.98 Å². The highest BCUT2D eigenvalue weighted by atomic mass is 32.1. The molecule has 0 N–H and O–H groups in total. The molecule has 5 aromatic rings. The maximum absolute atomic E-state index is 4.70. The molecule has 0 aliphatic heterocycles. The van der Waals surface area contributed by atoms with Gasteiger partial charge in [0.2, 0.25) is 0 Å². The fraction of sp³-hybridized carbons (Fsp3) is 0.115. The number of hydrogen-bond donors (Lipinski definition) is 0. The van der Waals surface area contributed by atoms with E-state index in [1.165, 1.54) is 42.4 Å². The summed E-state index contributed by atoms with van der Waals surface area (Å²) in [5.41, 5.74) is 6.17. The Morgan fingerprint density at radius 3 is 2.11 bits per heavy atom. The summed E-state index contributed by atoms with van der Waals surface area (Å²) in [4.78, 5) is 4.70. The summed E-state index contributed by atoms with van der Waals surface area (Å²) in [6.45, 7) is 4.45. The number of fused-ring (bicyclic) bond motifs is 3. The average molecular weight is 380 g/mol. The van der Waals surface area contributed by atoms with Crippen LogP contribution in [-0.2, 0) is 0 Å². The van der Waals surface area contributed by atoms with Gasteiger partial charge in [-0.05, 0) is 34.7 Å². The van der Waals surface area contributed by atoms with E-state index in [-0.39, 0.29) is 0 Å². The van der Waals surface area contributed by atoms with Crippen LogP contribution in [0.25, 0.3) is 42.6 Å². The van der Waals surface area contributed by atoms with Crippen LogP contribution < -0.4 is 0 Å². The van der Waals surface area contributed by atoms with Crippen LogP contribution in [0.15, 0.2) is 85.1 Å². The monoisotopic (exact) mass is 379 g/mol. The molecular weight excluding hydrogens is 358 g/mol. The van der Waals surface area contributed by atoms with Crippen LogP contribution in [0.1, 0.15) is 25.3 Å². The van der Waals surface area contributed by atoms with Gasteiger partial charge in [0, 0.05) is 31.9 Å². The van der Waals surface area contributed by atoms with E-state index >= 15 is 0 Å². The van der Waals surface area contributed by atoms with E-state index in [0.717, 1.165) is 5.69 Å². The van der Waals surface area contributed by atoms with Gasteiger partial charge in [-0.1, -0.05) is 80.6 Å². The Bertz CT molecular complexity index is 1280. The summed E-state index contributed by atoms with van der Waals surface area (Å²) in [6.07, 6.45) is 1.94. The van der Waals surface area contributed by atoms with Gasteiger partial charge in [-0.25, -0.2) is 0 Å². The SMILES string of the molecule is CC(C)c1ccnc(-c2cccc3c2sc2c(-c4ccccc4)cccc23)c1. The minimum absolute atomic E-state index is 0.494. The van der Waals surface area contributed by atoms with Gasteiger partial charge in [-0.3, -0.25) is 4.98 Å². The van der Waals surface area contributed by atoms with E-state index in [2.05, 4.69) is 92.7 Å². The lowest BCUT2D eigenvalue weighted by Gasteiger charge is -2.08. The van der Waals surface area contributed by atoms with Crippen LogP contribution in [0.2, 0.25) is 0 Å². The lowest BCUT2D eigenvalue weighted by molar-refractivity contribution is 0.864. The first-order chi connectivity index (χ1) is 13.7. The molecule has 0 aliphatic carbocycles. The first kappa shape index (κ1) is 17.2. The zero-order valence-electron chi connectivity index (χ0n) is 16.0. The van der Waals surface area contributed by atoms with Crippen molar-refractivity contribution in [2.24, 2.45) is 0 Å². The summed E-state index contributed by atoms with van der Waals surface area (Å²) < 4.78 is 2.66. The lowest BCUT2D eigenvalue weighted by Crippen LogP contribution is -1.90. The van der Waals surface area contributed by atoms with Gasteiger partial charge in [-0.2, -0.15) is 0 Å². The summed E-state index contributed by atoms with van der Waals surface area (Å²) in [7, 11) is 0. The number of aromatic nitrogens is 1. The third kappa shape index (κ3) is 2.81. The molecule has 0 atom stereocenters. The molecular formula is C26H21NS. The topological polar surface area (TPSA) is 12.9 Å². The predicted molar refractivity (Wildman–Crippen MR) is 122 cm³/mol. The third-order valence-corrected chi connectivity index (χ3v) is 6.62. The van der Waals surface area contributed by atoms with Gasteiger partial charge in [-0.15, -0.1) is 11.3 Å². The van der Waals surface area contributed by atoms with Gasteiger partial charge in [0.1, 0.15) is 0 Å². The van der Waals surface area contributed by atoms with Crippen molar-refractivity contribution in [1.82, 2.24) is 4.98 Å². The largest absolute Gasteiger partial charge is 0.256 e. The Morgan fingerprint density at radius 1 is 0.714 bits per heavy atom. The molecule has 136 valence electrons. The van der Waals surface area contributed by atoms with Crippen LogP contribution in [0.3, 0.4) is 0 Å². The molecule has 2 aromatic heterocycles. The molecule has 0 saturated carbocycles. The minimum Gasteiger partial charge on any atom is -0.256 e. The fourth-order valence-corrected chi connectivity index (χ4v) is 5.18. The molecule has 3 aromatic carbocycles. The van der Waals surface area contributed by atoms with E-state index in [1.54, 1.807) is 0 Å². The zero-order valence-corrected chi connectivity index (χ0v) is 16.8. The Kier molecular flexibility index (Phi) is 4.22. The van der Waals surface area contributed by atoms with E-state index in [9.17, 15) is 0 Å². The molecule has 0 amide bonds. The van der Waals surface area contributed by atoms with Crippen molar-refractivity contribution < 1.29 is 0 Å². The first-order valence-corrected chi connectivity index (χ1v) is 10.5. The Morgan fingerprint density at radius 2 is 1.39 bits per heavy atom. The second-order valence-electron chi connectivity index (χ2n) is 7.46. The van der Waals surface area contributed by atoms with Gasteiger partial charge in [0.05, 0.1) is 5.69 Å². The van der Waals surface area contributed by atoms with E-state index in [1.807, 2.05) is 17.5 Å². The van der Waals surface area contributed by atoms with Crippen molar-refractivity contribution in [2.75, 3.05) is 0 Å². The van der Waals surface area contributed by atoms with Crippen LogP contribution in [0.4, 0.5) is 0 Å². The maximum Gasteiger partial charge on any atom is 0.0719 e. The highest BCUT2D eigenvalue weighted by molar-refractivity contribution is 7.26. The standard InChI is InChI=1S/C26H21NS/c1-17(2)19-14-15-27-24(16-19)23-13-7-12-22-21-11-6-10-20(25(21)28-26(22)23)18-8-4-3-5-9-18/h3-17H,1-2H3. The average Bonchev–Trinajstić information content (AvgIpc) is 3.13. The van der Waals surface area contributed by atoms with Gasteiger partial charge >= 0.3 is 0 Å².